The zero-order valence-electron chi connectivity index (χ0n) is 6.89. The van der Waals surface area contributed by atoms with Gasteiger partial charge in [-0.15, -0.1) is 0 Å². The molecule has 1 aromatic carbocycles. The van der Waals surface area contributed by atoms with Gasteiger partial charge in [-0.2, -0.15) is 0 Å². The van der Waals surface area contributed by atoms with Crippen LogP contribution in [0.5, 0.6) is 11.8 Å². The molecule has 3 N–H and O–H groups in total. The minimum absolute atomic E-state index is 0.0231. The Balaban J connectivity index is 2.92. The van der Waals surface area contributed by atoms with Crippen molar-refractivity contribution < 1.29 is 15.1 Å². The smallest absolute Gasteiger partial charge is 0.282 e. The van der Waals surface area contributed by atoms with Crippen LogP contribution in [0.1, 0.15) is 0 Å². The fourth-order valence-electron chi connectivity index (χ4n) is 1.38. The van der Waals surface area contributed by atoms with Gasteiger partial charge >= 0.3 is 0 Å². The third kappa shape index (κ3) is 0.972. The number of aromatic amines is 1. The van der Waals surface area contributed by atoms with Crippen LogP contribution in [0.3, 0.4) is 0 Å². The van der Waals surface area contributed by atoms with Crippen LogP contribution < -0.4 is 0 Å². The second-order valence-electron chi connectivity index (χ2n) is 2.78. The largest absolute Gasteiger partial charge is 0.494 e. The van der Waals surface area contributed by atoms with Crippen molar-refractivity contribution in [2.45, 2.75) is 0 Å². The number of aromatic hydroxyl groups is 2. The molecule has 0 spiro atoms. The van der Waals surface area contributed by atoms with Gasteiger partial charge in [-0.05, 0) is 6.07 Å². The van der Waals surface area contributed by atoms with Crippen molar-refractivity contribution in [1.29, 1.82) is 0 Å². The minimum Gasteiger partial charge on any atom is -0.494 e. The topological polar surface area (TPSA) is 99.4 Å². The molecule has 0 aliphatic heterocycles. The lowest BCUT2D eigenvalue weighted by Crippen LogP contribution is -1.87. The zero-order valence-corrected chi connectivity index (χ0v) is 6.89. The predicted octanol–water partition coefficient (Wildman–Crippen LogP) is 1.49. The SMILES string of the molecule is O=[N+]([O-])c1cccc2c(O)[nH]c(O)c12. The zero-order chi connectivity index (χ0) is 10.3. The summed E-state index contributed by atoms with van der Waals surface area (Å²) in [5.74, 6) is -0.675. The van der Waals surface area contributed by atoms with Crippen LogP contribution in [0.15, 0.2) is 18.2 Å². The van der Waals surface area contributed by atoms with E-state index in [-0.39, 0.29) is 22.3 Å². The molecule has 1 heterocycles. The van der Waals surface area contributed by atoms with Gasteiger partial charge in [0, 0.05) is 6.07 Å². The van der Waals surface area contributed by atoms with Gasteiger partial charge in [0.2, 0.25) is 5.88 Å². The van der Waals surface area contributed by atoms with E-state index in [1.165, 1.54) is 18.2 Å². The van der Waals surface area contributed by atoms with Crippen LogP contribution in [0.4, 0.5) is 5.69 Å². The summed E-state index contributed by atoms with van der Waals surface area (Å²) in [4.78, 5) is 12.2. The second-order valence-corrected chi connectivity index (χ2v) is 2.78. The van der Waals surface area contributed by atoms with E-state index in [2.05, 4.69) is 4.98 Å². The number of fused-ring (bicyclic) bond motifs is 1. The number of rotatable bonds is 1. The molecule has 14 heavy (non-hydrogen) atoms. The lowest BCUT2D eigenvalue weighted by atomic mass is 10.2. The van der Waals surface area contributed by atoms with E-state index in [4.69, 9.17) is 0 Å². The van der Waals surface area contributed by atoms with Crippen molar-refractivity contribution in [2.75, 3.05) is 0 Å². The van der Waals surface area contributed by atoms with E-state index in [0.29, 0.717) is 0 Å². The third-order valence-corrected chi connectivity index (χ3v) is 1.97. The number of nitro benzene ring substituents is 1. The number of hydrogen-bond donors (Lipinski definition) is 3. The standard InChI is InChI=1S/C8H6N2O4/c11-7-4-2-1-3-5(10(13)14)6(4)8(12)9-7/h1-3,9,11-12H. The van der Waals surface area contributed by atoms with Crippen molar-refractivity contribution in [1.82, 2.24) is 4.98 Å². The van der Waals surface area contributed by atoms with E-state index in [0.717, 1.165) is 0 Å². The average molecular weight is 194 g/mol. The fraction of sp³-hybridized carbons (Fsp3) is 0. The van der Waals surface area contributed by atoms with E-state index in [1.807, 2.05) is 0 Å². The number of H-pyrrole nitrogens is 1. The van der Waals surface area contributed by atoms with Crippen LogP contribution in [0.25, 0.3) is 10.8 Å². The monoisotopic (exact) mass is 194 g/mol. The number of benzene rings is 1. The van der Waals surface area contributed by atoms with Crippen molar-refractivity contribution >= 4 is 16.5 Å². The van der Waals surface area contributed by atoms with Gasteiger partial charge < -0.3 is 10.2 Å². The van der Waals surface area contributed by atoms with Crippen LogP contribution in [-0.4, -0.2) is 20.1 Å². The Kier molecular flexibility index (Phi) is 1.57. The third-order valence-electron chi connectivity index (χ3n) is 1.97. The van der Waals surface area contributed by atoms with Gasteiger partial charge in [-0.25, -0.2) is 0 Å². The molecule has 0 amide bonds. The highest BCUT2D eigenvalue weighted by molar-refractivity contribution is 5.99. The normalized spacial score (nSPS) is 10.6. The number of nitrogens with one attached hydrogen (secondary N) is 1. The number of nitro groups is 1. The fourth-order valence-corrected chi connectivity index (χ4v) is 1.38. The lowest BCUT2D eigenvalue weighted by Gasteiger charge is -1.93. The van der Waals surface area contributed by atoms with E-state index in [1.54, 1.807) is 0 Å². The number of non-ortho nitro benzene ring substituents is 1. The molecule has 72 valence electrons. The molecule has 0 atom stereocenters. The number of aromatic nitrogens is 1. The van der Waals surface area contributed by atoms with Gasteiger partial charge in [0.05, 0.1) is 10.3 Å². The molecule has 0 aliphatic rings. The molecule has 6 nitrogen and oxygen atoms in total. The molecule has 6 heteroatoms. The highest BCUT2D eigenvalue weighted by Crippen LogP contribution is 2.37. The average Bonchev–Trinajstić information content (AvgIpc) is 2.43. The first-order valence-corrected chi connectivity index (χ1v) is 3.78. The summed E-state index contributed by atoms with van der Waals surface area (Å²) in [5, 5.41) is 29.4. The molecule has 0 saturated heterocycles. The van der Waals surface area contributed by atoms with Crippen LogP contribution in [0, 0.1) is 10.1 Å². The van der Waals surface area contributed by atoms with Crippen molar-refractivity contribution in [3.63, 3.8) is 0 Å². The number of hydrogen-bond acceptors (Lipinski definition) is 4. The Bertz CT molecular complexity index is 517. The quantitative estimate of drug-likeness (QED) is 0.473. The molecule has 2 rings (SSSR count). The van der Waals surface area contributed by atoms with Crippen LogP contribution >= 0.6 is 0 Å². The molecule has 0 bridgehead atoms. The molecule has 0 radical (unpaired) electrons. The Labute approximate surface area is 77.6 Å². The molecule has 0 unspecified atom stereocenters. The highest BCUT2D eigenvalue weighted by atomic mass is 16.6. The molecular formula is C8H6N2O4. The van der Waals surface area contributed by atoms with Gasteiger partial charge in [0.1, 0.15) is 5.39 Å². The first kappa shape index (κ1) is 8.36. The Morgan fingerprint density at radius 1 is 1.29 bits per heavy atom. The van der Waals surface area contributed by atoms with E-state index < -0.39 is 10.8 Å². The summed E-state index contributed by atoms with van der Waals surface area (Å²) in [6.45, 7) is 0. The first-order valence-electron chi connectivity index (χ1n) is 3.78. The summed E-state index contributed by atoms with van der Waals surface area (Å²) in [5.41, 5.74) is -0.239. The summed E-state index contributed by atoms with van der Waals surface area (Å²) < 4.78 is 0. The van der Waals surface area contributed by atoms with Crippen LogP contribution in [-0.2, 0) is 0 Å². The summed E-state index contributed by atoms with van der Waals surface area (Å²) in [6, 6.07) is 4.18. The summed E-state index contributed by atoms with van der Waals surface area (Å²) in [7, 11) is 0. The Morgan fingerprint density at radius 3 is 2.64 bits per heavy atom. The molecule has 0 aliphatic carbocycles. The Morgan fingerprint density at radius 2 is 2.00 bits per heavy atom. The molecule has 0 saturated carbocycles. The van der Waals surface area contributed by atoms with Gasteiger partial charge in [0.15, 0.2) is 5.88 Å². The van der Waals surface area contributed by atoms with E-state index >= 15 is 0 Å². The maximum absolute atomic E-state index is 10.6. The minimum atomic E-state index is -0.616. The van der Waals surface area contributed by atoms with Gasteiger partial charge in [-0.3, -0.25) is 15.1 Å². The van der Waals surface area contributed by atoms with Crippen LogP contribution in [0.2, 0.25) is 0 Å². The van der Waals surface area contributed by atoms with Crippen molar-refractivity contribution in [3.05, 3.63) is 28.3 Å². The number of nitrogens with zero attached hydrogens (tertiary/aromatic N) is 1. The molecule has 1 aromatic heterocycles. The second kappa shape index (κ2) is 2.63. The molecule has 2 aromatic rings. The lowest BCUT2D eigenvalue weighted by molar-refractivity contribution is -0.383. The van der Waals surface area contributed by atoms with Gasteiger partial charge in [-0.1, -0.05) is 6.07 Å². The maximum atomic E-state index is 10.6. The Hall–Kier alpha value is -2.24. The first-order chi connectivity index (χ1) is 6.61. The maximum Gasteiger partial charge on any atom is 0.282 e. The molecular weight excluding hydrogens is 188 g/mol. The predicted molar refractivity (Wildman–Crippen MR) is 48.3 cm³/mol. The van der Waals surface area contributed by atoms with E-state index in [9.17, 15) is 20.3 Å². The van der Waals surface area contributed by atoms with Crippen molar-refractivity contribution in [3.8, 4) is 11.8 Å². The summed E-state index contributed by atoms with van der Waals surface area (Å²) >= 11 is 0. The summed E-state index contributed by atoms with van der Waals surface area (Å²) in [6.07, 6.45) is 0. The van der Waals surface area contributed by atoms with Gasteiger partial charge in [0.25, 0.3) is 5.69 Å². The molecule has 0 fully saturated rings. The highest BCUT2D eigenvalue weighted by Gasteiger charge is 2.19. The van der Waals surface area contributed by atoms with Crippen molar-refractivity contribution in [2.24, 2.45) is 0 Å².